The molecule has 106 valence electrons. The lowest BCUT2D eigenvalue weighted by Gasteiger charge is -2.47. The van der Waals surface area contributed by atoms with Gasteiger partial charge >= 0.3 is 0 Å². The molecule has 1 fully saturated rings. The number of rotatable bonds is 3. The first-order valence-electron chi connectivity index (χ1n) is 7.45. The van der Waals surface area contributed by atoms with Gasteiger partial charge in [-0.2, -0.15) is 0 Å². The molecule has 0 aromatic heterocycles. The van der Waals surface area contributed by atoms with Gasteiger partial charge in [-0.05, 0) is 24.8 Å². The summed E-state index contributed by atoms with van der Waals surface area (Å²) >= 11 is 0. The molecule has 2 heteroatoms. The van der Waals surface area contributed by atoms with Crippen molar-refractivity contribution in [2.45, 2.75) is 45.8 Å². The van der Waals surface area contributed by atoms with Crippen LogP contribution in [0.2, 0.25) is 0 Å². The molecule has 1 saturated heterocycles. The molecule has 1 aromatic carbocycles. The fourth-order valence-electron chi connectivity index (χ4n) is 3.32. The minimum atomic E-state index is -0.672. The summed E-state index contributed by atoms with van der Waals surface area (Å²) in [7, 11) is 0. The Kier molecular flexibility index (Phi) is 4.32. The summed E-state index contributed by atoms with van der Waals surface area (Å²) in [5, 5.41) is 11.1. The lowest BCUT2D eigenvalue weighted by molar-refractivity contribution is -0.0925. The van der Waals surface area contributed by atoms with Crippen molar-refractivity contribution >= 4 is 0 Å². The van der Waals surface area contributed by atoms with Gasteiger partial charge in [0.05, 0.1) is 5.60 Å². The number of likely N-dealkylation sites (tertiary alicyclic amines) is 1. The topological polar surface area (TPSA) is 23.5 Å². The van der Waals surface area contributed by atoms with E-state index in [1.165, 1.54) is 0 Å². The predicted octanol–water partition coefficient (Wildman–Crippen LogP) is 3.26. The van der Waals surface area contributed by atoms with Crippen LogP contribution in [0.1, 0.15) is 39.7 Å². The third kappa shape index (κ3) is 3.01. The molecule has 0 aliphatic carbocycles. The molecule has 0 bridgehead atoms. The largest absolute Gasteiger partial charge is 0.385 e. The Bertz CT molecular complexity index is 403. The molecule has 1 aliphatic heterocycles. The normalized spacial score (nSPS) is 32.7. The van der Waals surface area contributed by atoms with Crippen LogP contribution in [0.15, 0.2) is 30.3 Å². The minimum absolute atomic E-state index is 0.268. The van der Waals surface area contributed by atoms with E-state index in [1.807, 2.05) is 18.2 Å². The molecule has 1 aliphatic rings. The van der Waals surface area contributed by atoms with Gasteiger partial charge in [0.2, 0.25) is 0 Å². The van der Waals surface area contributed by atoms with E-state index >= 15 is 0 Å². The van der Waals surface area contributed by atoms with Crippen molar-refractivity contribution in [1.29, 1.82) is 0 Å². The molecule has 2 nitrogen and oxygen atoms in total. The van der Waals surface area contributed by atoms with E-state index in [9.17, 15) is 5.11 Å². The van der Waals surface area contributed by atoms with Crippen LogP contribution in [0.4, 0.5) is 0 Å². The molecule has 0 saturated carbocycles. The number of nitrogens with zero attached hydrogens (tertiary/aromatic N) is 1. The van der Waals surface area contributed by atoms with Crippen molar-refractivity contribution in [1.82, 2.24) is 4.90 Å². The second-order valence-electron chi connectivity index (χ2n) is 6.59. The van der Waals surface area contributed by atoms with Crippen LogP contribution >= 0.6 is 0 Å². The van der Waals surface area contributed by atoms with Gasteiger partial charge in [-0.3, -0.25) is 4.90 Å². The van der Waals surface area contributed by atoms with E-state index in [0.717, 1.165) is 25.1 Å². The third-order valence-electron chi connectivity index (χ3n) is 4.43. The first-order chi connectivity index (χ1) is 8.93. The van der Waals surface area contributed by atoms with Crippen molar-refractivity contribution in [2.24, 2.45) is 11.8 Å². The molecule has 1 N–H and O–H groups in total. The summed E-state index contributed by atoms with van der Waals surface area (Å²) in [4.78, 5) is 2.52. The summed E-state index contributed by atoms with van der Waals surface area (Å²) < 4.78 is 0. The van der Waals surface area contributed by atoms with Crippen LogP contribution in [0.25, 0.3) is 0 Å². The molecule has 19 heavy (non-hydrogen) atoms. The van der Waals surface area contributed by atoms with Crippen LogP contribution in [0, 0.1) is 11.8 Å². The molecule has 0 spiro atoms. The van der Waals surface area contributed by atoms with Crippen LogP contribution < -0.4 is 0 Å². The number of hydrogen-bond donors (Lipinski definition) is 1. The Labute approximate surface area is 117 Å². The first kappa shape index (κ1) is 14.5. The van der Waals surface area contributed by atoms with Crippen molar-refractivity contribution in [3.05, 3.63) is 35.9 Å². The fraction of sp³-hybridized carbons (Fsp3) is 0.647. The zero-order chi connectivity index (χ0) is 14.0. The van der Waals surface area contributed by atoms with Gasteiger partial charge in [-0.1, -0.05) is 51.1 Å². The summed E-state index contributed by atoms with van der Waals surface area (Å²) in [6, 6.07) is 10.6. The van der Waals surface area contributed by atoms with Crippen LogP contribution in [-0.4, -0.2) is 29.1 Å². The highest BCUT2D eigenvalue weighted by molar-refractivity contribution is 5.24. The van der Waals surface area contributed by atoms with Crippen LogP contribution in [0.3, 0.4) is 0 Å². The predicted molar refractivity (Wildman–Crippen MR) is 80.0 cm³/mol. The average molecular weight is 261 g/mol. The number of aliphatic hydroxyl groups is 1. The van der Waals surface area contributed by atoms with Crippen molar-refractivity contribution in [3.8, 4) is 0 Å². The van der Waals surface area contributed by atoms with Crippen molar-refractivity contribution < 1.29 is 5.11 Å². The number of hydrogen-bond acceptors (Lipinski definition) is 2. The van der Waals surface area contributed by atoms with E-state index in [1.54, 1.807) is 0 Å². The van der Waals surface area contributed by atoms with Gasteiger partial charge in [0, 0.05) is 25.0 Å². The Balaban J connectivity index is 2.18. The maximum absolute atomic E-state index is 11.1. The average Bonchev–Trinajstić information content (AvgIpc) is 2.36. The summed E-state index contributed by atoms with van der Waals surface area (Å²) in [6.45, 7) is 11.0. The van der Waals surface area contributed by atoms with Gasteiger partial charge in [0.1, 0.15) is 0 Å². The number of benzene rings is 1. The zero-order valence-electron chi connectivity index (χ0n) is 12.6. The van der Waals surface area contributed by atoms with Crippen LogP contribution in [-0.2, 0) is 5.60 Å². The molecular weight excluding hydrogens is 234 g/mol. The quantitative estimate of drug-likeness (QED) is 0.902. The second kappa shape index (κ2) is 5.64. The van der Waals surface area contributed by atoms with Gasteiger partial charge in [0.25, 0.3) is 0 Å². The Hall–Kier alpha value is -0.860. The van der Waals surface area contributed by atoms with E-state index < -0.39 is 5.60 Å². The van der Waals surface area contributed by atoms with E-state index in [0.29, 0.717) is 12.0 Å². The Morgan fingerprint density at radius 2 is 1.89 bits per heavy atom. The van der Waals surface area contributed by atoms with E-state index in [-0.39, 0.29) is 5.92 Å². The highest BCUT2D eigenvalue weighted by atomic mass is 16.3. The Morgan fingerprint density at radius 1 is 1.26 bits per heavy atom. The lowest BCUT2D eigenvalue weighted by atomic mass is 9.74. The highest BCUT2D eigenvalue weighted by Gasteiger charge is 2.43. The zero-order valence-corrected chi connectivity index (χ0v) is 12.6. The first-order valence-corrected chi connectivity index (χ1v) is 7.45. The molecule has 1 aromatic rings. The smallest absolute Gasteiger partial charge is 0.0948 e. The summed E-state index contributed by atoms with van der Waals surface area (Å²) in [5.74, 6) is 0.947. The third-order valence-corrected chi connectivity index (χ3v) is 4.43. The fourth-order valence-corrected chi connectivity index (χ4v) is 3.32. The lowest BCUT2D eigenvalue weighted by Crippen LogP contribution is -2.53. The SMILES string of the molecule is CC(C)CN1C[C@H](C)[C@@](O)(c2ccccc2)C[C@@H]1C. The maximum Gasteiger partial charge on any atom is 0.0948 e. The summed E-state index contributed by atoms with van der Waals surface area (Å²) in [5.41, 5.74) is 0.396. The van der Waals surface area contributed by atoms with Gasteiger partial charge in [0.15, 0.2) is 0 Å². The number of piperidine rings is 1. The minimum Gasteiger partial charge on any atom is -0.385 e. The van der Waals surface area contributed by atoms with Crippen LogP contribution in [0.5, 0.6) is 0 Å². The highest BCUT2D eigenvalue weighted by Crippen LogP contribution is 2.39. The van der Waals surface area contributed by atoms with Gasteiger partial charge in [-0.15, -0.1) is 0 Å². The van der Waals surface area contributed by atoms with Gasteiger partial charge in [-0.25, -0.2) is 0 Å². The molecule has 3 atom stereocenters. The second-order valence-corrected chi connectivity index (χ2v) is 6.59. The van der Waals surface area contributed by atoms with E-state index in [2.05, 4.69) is 44.7 Å². The van der Waals surface area contributed by atoms with Crippen molar-refractivity contribution in [2.75, 3.05) is 13.1 Å². The Morgan fingerprint density at radius 3 is 2.47 bits per heavy atom. The summed E-state index contributed by atoms with van der Waals surface area (Å²) in [6.07, 6.45) is 0.824. The molecule has 1 heterocycles. The molecule has 2 rings (SSSR count). The van der Waals surface area contributed by atoms with E-state index in [4.69, 9.17) is 0 Å². The molecule has 0 radical (unpaired) electrons. The monoisotopic (exact) mass is 261 g/mol. The molecule has 0 unspecified atom stereocenters. The van der Waals surface area contributed by atoms with Crippen molar-refractivity contribution in [3.63, 3.8) is 0 Å². The maximum atomic E-state index is 11.1. The van der Waals surface area contributed by atoms with Gasteiger partial charge < -0.3 is 5.11 Å². The standard InChI is InChI=1S/C17H27NO/c1-13(2)11-18-12-14(3)17(19,10-15(18)4)16-8-6-5-7-9-16/h5-9,13-15,19H,10-12H2,1-4H3/t14-,15-,17+/m0/s1. The molecular formula is C17H27NO. The molecule has 0 amide bonds.